The van der Waals surface area contributed by atoms with Crippen molar-refractivity contribution in [2.24, 2.45) is 11.7 Å². The molecular weight excluding hydrogens is 251 g/mol. The standard InChI is InChI=1S/C17H21FN2/c1-12(2)9-13-5-4-6-14(10-13)17(3,19)16-8-7-15(18)11-20-16/h4-8,10-12H,9,19H2,1-3H3. The summed E-state index contributed by atoms with van der Waals surface area (Å²) in [5.74, 6) is 0.247. The van der Waals surface area contributed by atoms with Gasteiger partial charge in [0.1, 0.15) is 5.82 Å². The van der Waals surface area contributed by atoms with Crippen LogP contribution in [0.3, 0.4) is 0 Å². The van der Waals surface area contributed by atoms with Gasteiger partial charge in [0, 0.05) is 0 Å². The van der Waals surface area contributed by atoms with Crippen molar-refractivity contribution in [2.75, 3.05) is 0 Å². The Morgan fingerprint density at radius 2 is 2.00 bits per heavy atom. The van der Waals surface area contributed by atoms with Crippen LogP contribution in [0.4, 0.5) is 4.39 Å². The predicted molar refractivity (Wildman–Crippen MR) is 79.8 cm³/mol. The van der Waals surface area contributed by atoms with Gasteiger partial charge in [-0.2, -0.15) is 0 Å². The van der Waals surface area contributed by atoms with Gasteiger partial charge < -0.3 is 5.73 Å². The lowest BCUT2D eigenvalue weighted by atomic mass is 9.87. The summed E-state index contributed by atoms with van der Waals surface area (Å²) < 4.78 is 13.0. The average Bonchev–Trinajstić information content (AvgIpc) is 2.39. The smallest absolute Gasteiger partial charge is 0.141 e. The molecule has 0 aliphatic rings. The number of rotatable bonds is 4. The Morgan fingerprint density at radius 1 is 1.25 bits per heavy atom. The Kier molecular flexibility index (Phi) is 4.19. The molecule has 0 saturated carbocycles. The highest BCUT2D eigenvalue weighted by Crippen LogP contribution is 2.26. The molecule has 1 atom stereocenters. The minimum Gasteiger partial charge on any atom is -0.317 e. The number of halogens is 1. The van der Waals surface area contributed by atoms with Crippen molar-refractivity contribution >= 4 is 0 Å². The zero-order valence-corrected chi connectivity index (χ0v) is 12.2. The Bertz CT molecular complexity index is 574. The lowest BCUT2D eigenvalue weighted by Gasteiger charge is -2.25. The minimum atomic E-state index is -0.722. The maximum absolute atomic E-state index is 13.0. The zero-order chi connectivity index (χ0) is 14.8. The molecule has 2 aromatic rings. The van der Waals surface area contributed by atoms with E-state index >= 15 is 0 Å². The summed E-state index contributed by atoms with van der Waals surface area (Å²) in [5.41, 5.74) is 8.63. The Hall–Kier alpha value is -1.74. The molecular formula is C17H21FN2. The lowest BCUT2D eigenvalue weighted by Crippen LogP contribution is -2.35. The maximum Gasteiger partial charge on any atom is 0.141 e. The summed E-state index contributed by atoms with van der Waals surface area (Å²) in [6.07, 6.45) is 2.22. The third kappa shape index (κ3) is 3.23. The van der Waals surface area contributed by atoms with Gasteiger partial charge in [0.05, 0.1) is 17.4 Å². The van der Waals surface area contributed by atoms with Crippen molar-refractivity contribution in [1.29, 1.82) is 0 Å². The van der Waals surface area contributed by atoms with Crippen LogP contribution in [-0.4, -0.2) is 4.98 Å². The molecule has 0 spiro atoms. The van der Waals surface area contributed by atoms with Gasteiger partial charge >= 0.3 is 0 Å². The highest BCUT2D eigenvalue weighted by molar-refractivity contribution is 5.36. The van der Waals surface area contributed by atoms with Crippen LogP contribution in [0.25, 0.3) is 0 Å². The van der Waals surface area contributed by atoms with E-state index in [-0.39, 0.29) is 5.82 Å². The first kappa shape index (κ1) is 14.7. The molecule has 2 rings (SSSR count). The summed E-state index contributed by atoms with van der Waals surface area (Å²) in [6.45, 7) is 6.29. The molecule has 0 saturated heterocycles. The van der Waals surface area contributed by atoms with E-state index in [1.165, 1.54) is 17.8 Å². The van der Waals surface area contributed by atoms with Crippen LogP contribution in [0.2, 0.25) is 0 Å². The second-order valence-corrected chi connectivity index (χ2v) is 5.86. The van der Waals surface area contributed by atoms with Crippen LogP contribution in [0, 0.1) is 11.7 Å². The molecule has 2 nitrogen and oxygen atoms in total. The molecule has 20 heavy (non-hydrogen) atoms. The van der Waals surface area contributed by atoms with Crippen molar-refractivity contribution < 1.29 is 4.39 Å². The second kappa shape index (κ2) is 5.71. The topological polar surface area (TPSA) is 38.9 Å². The van der Waals surface area contributed by atoms with E-state index in [1.54, 1.807) is 6.07 Å². The molecule has 0 radical (unpaired) electrons. The fourth-order valence-electron chi connectivity index (χ4n) is 2.32. The van der Waals surface area contributed by atoms with Gasteiger partial charge in [-0.05, 0) is 42.5 Å². The van der Waals surface area contributed by atoms with E-state index in [0.29, 0.717) is 11.6 Å². The van der Waals surface area contributed by atoms with Crippen LogP contribution < -0.4 is 5.73 Å². The number of benzene rings is 1. The van der Waals surface area contributed by atoms with Gasteiger partial charge in [-0.3, -0.25) is 4.98 Å². The van der Waals surface area contributed by atoms with Gasteiger partial charge in [0.15, 0.2) is 0 Å². The maximum atomic E-state index is 13.0. The minimum absolute atomic E-state index is 0.349. The number of hydrogen-bond donors (Lipinski definition) is 1. The summed E-state index contributed by atoms with van der Waals surface area (Å²) in [6, 6.07) is 11.3. The molecule has 0 aliphatic carbocycles. The average molecular weight is 272 g/mol. The Balaban J connectivity index is 2.35. The van der Waals surface area contributed by atoms with Gasteiger partial charge in [-0.1, -0.05) is 38.1 Å². The number of nitrogens with two attached hydrogens (primary N) is 1. The van der Waals surface area contributed by atoms with Crippen molar-refractivity contribution in [3.05, 3.63) is 65.2 Å². The third-order valence-electron chi connectivity index (χ3n) is 3.43. The molecule has 0 fully saturated rings. The number of nitrogens with zero attached hydrogens (tertiary/aromatic N) is 1. The van der Waals surface area contributed by atoms with Crippen LogP contribution in [0.5, 0.6) is 0 Å². The number of hydrogen-bond acceptors (Lipinski definition) is 2. The summed E-state index contributed by atoms with van der Waals surface area (Å²) >= 11 is 0. The van der Waals surface area contributed by atoms with E-state index in [4.69, 9.17) is 5.73 Å². The van der Waals surface area contributed by atoms with Crippen LogP contribution in [0.15, 0.2) is 42.6 Å². The van der Waals surface area contributed by atoms with Gasteiger partial charge in [0.2, 0.25) is 0 Å². The van der Waals surface area contributed by atoms with Gasteiger partial charge in [0.25, 0.3) is 0 Å². The lowest BCUT2D eigenvalue weighted by molar-refractivity contribution is 0.565. The summed E-state index contributed by atoms with van der Waals surface area (Å²) in [7, 11) is 0. The normalized spacial score (nSPS) is 14.3. The molecule has 0 aliphatic heterocycles. The number of aromatic nitrogens is 1. The molecule has 1 aromatic carbocycles. The second-order valence-electron chi connectivity index (χ2n) is 5.86. The molecule has 1 heterocycles. The molecule has 1 unspecified atom stereocenters. The highest BCUT2D eigenvalue weighted by Gasteiger charge is 2.25. The van der Waals surface area contributed by atoms with E-state index < -0.39 is 5.54 Å². The Morgan fingerprint density at radius 3 is 2.60 bits per heavy atom. The van der Waals surface area contributed by atoms with E-state index in [0.717, 1.165) is 12.0 Å². The first-order valence-corrected chi connectivity index (χ1v) is 6.90. The quantitative estimate of drug-likeness (QED) is 0.923. The van der Waals surface area contributed by atoms with Crippen molar-refractivity contribution in [2.45, 2.75) is 32.7 Å². The molecule has 3 heteroatoms. The van der Waals surface area contributed by atoms with E-state index in [1.807, 2.05) is 19.1 Å². The van der Waals surface area contributed by atoms with Gasteiger partial charge in [-0.25, -0.2) is 4.39 Å². The molecule has 1 aromatic heterocycles. The molecule has 106 valence electrons. The molecule has 0 amide bonds. The number of pyridine rings is 1. The van der Waals surface area contributed by atoms with Crippen molar-refractivity contribution in [3.63, 3.8) is 0 Å². The first-order valence-electron chi connectivity index (χ1n) is 6.90. The van der Waals surface area contributed by atoms with Crippen LogP contribution in [-0.2, 0) is 12.0 Å². The largest absolute Gasteiger partial charge is 0.317 e. The SMILES string of the molecule is CC(C)Cc1cccc(C(C)(N)c2ccc(F)cn2)c1. The monoisotopic (exact) mass is 272 g/mol. The Labute approximate surface area is 119 Å². The fraction of sp³-hybridized carbons (Fsp3) is 0.353. The summed E-state index contributed by atoms with van der Waals surface area (Å²) in [4.78, 5) is 4.12. The van der Waals surface area contributed by atoms with Crippen molar-refractivity contribution in [1.82, 2.24) is 4.98 Å². The van der Waals surface area contributed by atoms with Gasteiger partial charge in [-0.15, -0.1) is 0 Å². The zero-order valence-electron chi connectivity index (χ0n) is 12.2. The fourth-order valence-corrected chi connectivity index (χ4v) is 2.32. The van der Waals surface area contributed by atoms with Crippen LogP contribution >= 0.6 is 0 Å². The summed E-state index contributed by atoms with van der Waals surface area (Å²) in [5, 5.41) is 0. The predicted octanol–water partition coefficient (Wildman–Crippen LogP) is 3.64. The highest BCUT2D eigenvalue weighted by atomic mass is 19.1. The van der Waals surface area contributed by atoms with E-state index in [9.17, 15) is 4.39 Å². The first-order chi connectivity index (χ1) is 9.39. The van der Waals surface area contributed by atoms with Crippen LogP contribution in [0.1, 0.15) is 37.6 Å². The van der Waals surface area contributed by atoms with Crippen molar-refractivity contribution in [3.8, 4) is 0 Å². The molecule has 0 bridgehead atoms. The third-order valence-corrected chi connectivity index (χ3v) is 3.43. The molecule has 2 N–H and O–H groups in total. The van der Waals surface area contributed by atoms with E-state index in [2.05, 4.69) is 31.0 Å².